The molecule has 0 aliphatic rings. The number of carbonyl (C=O) groups is 1. The van der Waals surface area contributed by atoms with E-state index in [-0.39, 0.29) is 17.1 Å². The number of rotatable bonds is 8. The lowest BCUT2D eigenvalue weighted by molar-refractivity contribution is -0.385. The number of aryl methyl sites for hydroxylation is 1. The number of halogens is 1. The van der Waals surface area contributed by atoms with E-state index in [9.17, 15) is 19.7 Å². The van der Waals surface area contributed by atoms with Gasteiger partial charge >= 0.3 is 5.69 Å². The lowest BCUT2D eigenvalue weighted by Crippen LogP contribution is -2.29. The van der Waals surface area contributed by atoms with E-state index in [4.69, 9.17) is 9.47 Å². The predicted octanol–water partition coefficient (Wildman–Crippen LogP) is 5.58. The number of amides is 1. The van der Waals surface area contributed by atoms with Crippen LogP contribution < -0.4 is 20.3 Å². The summed E-state index contributed by atoms with van der Waals surface area (Å²) in [7, 11) is 1.33. The Balaban J connectivity index is 1.68. The maximum atomic E-state index is 13.4. The molecule has 0 saturated heterocycles. The van der Waals surface area contributed by atoms with Gasteiger partial charge in [0, 0.05) is 27.2 Å². The van der Waals surface area contributed by atoms with Crippen LogP contribution >= 0.6 is 15.9 Å². The molecule has 0 aliphatic carbocycles. The van der Waals surface area contributed by atoms with Crippen LogP contribution in [0, 0.1) is 17.0 Å². The zero-order chi connectivity index (χ0) is 29.9. The summed E-state index contributed by atoms with van der Waals surface area (Å²) in [5.41, 5.74) is 1.03. The molecule has 0 fully saturated rings. The van der Waals surface area contributed by atoms with Gasteiger partial charge in [-0.3, -0.25) is 19.7 Å². The molecule has 41 heavy (non-hydrogen) atoms. The molecule has 4 rings (SSSR count). The van der Waals surface area contributed by atoms with E-state index in [1.54, 1.807) is 30.3 Å². The normalized spacial score (nSPS) is 11.6. The van der Waals surface area contributed by atoms with Gasteiger partial charge in [0.05, 0.1) is 29.2 Å². The Bertz CT molecular complexity index is 1730. The second-order valence-corrected chi connectivity index (χ2v) is 11.2. The van der Waals surface area contributed by atoms with Gasteiger partial charge in [-0.25, -0.2) is 4.98 Å². The zero-order valence-corrected chi connectivity index (χ0v) is 24.7. The van der Waals surface area contributed by atoms with Gasteiger partial charge in [0.1, 0.15) is 5.82 Å². The Morgan fingerprint density at radius 3 is 2.51 bits per heavy atom. The van der Waals surface area contributed by atoms with Gasteiger partial charge in [-0.2, -0.15) is 9.78 Å². The standard InChI is InChI=1S/C29H28BrN5O6/c1-17-6-9-20(10-7-17)32-25(36)16-41-26-23(35(38)39)12-18(13-24(26)40-5)15-31-34-27(37)21-14-19(30)8-11-22(21)33-28(34)29(2,3)4/h6-15H,16H2,1-5H3,(H,32,36). The van der Waals surface area contributed by atoms with Crippen LogP contribution in [-0.2, 0) is 10.2 Å². The molecule has 0 radical (unpaired) electrons. The van der Waals surface area contributed by atoms with Crippen molar-refractivity contribution >= 4 is 50.3 Å². The Kier molecular flexibility index (Phi) is 8.52. The third-order valence-electron chi connectivity index (χ3n) is 5.96. The Morgan fingerprint density at radius 2 is 1.88 bits per heavy atom. The molecule has 0 unspecified atom stereocenters. The Hall–Kier alpha value is -4.58. The highest BCUT2D eigenvalue weighted by atomic mass is 79.9. The van der Waals surface area contributed by atoms with Gasteiger partial charge in [0.2, 0.25) is 5.75 Å². The first-order chi connectivity index (χ1) is 19.4. The van der Waals surface area contributed by atoms with Crippen LogP contribution in [0.15, 0.2) is 69.0 Å². The molecule has 0 atom stereocenters. The second kappa shape index (κ2) is 11.9. The van der Waals surface area contributed by atoms with E-state index in [2.05, 4.69) is 31.3 Å². The lowest BCUT2D eigenvalue weighted by Gasteiger charge is -2.20. The molecule has 0 bridgehead atoms. The first-order valence-corrected chi connectivity index (χ1v) is 13.3. The fourth-order valence-electron chi connectivity index (χ4n) is 3.95. The van der Waals surface area contributed by atoms with Crippen LogP contribution in [0.4, 0.5) is 11.4 Å². The fraction of sp³-hybridized carbons (Fsp3) is 0.241. The maximum Gasteiger partial charge on any atom is 0.315 e. The monoisotopic (exact) mass is 621 g/mol. The molecule has 4 aromatic rings. The summed E-state index contributed by atoms with van der Waals surface area (Å²) < 4.78 is 12.8. The first-order valence-electron chi connectivity index (χ1n) is 12.5. The number of nitro groups is 1. The fourth-order valence-corrected chi connectivity index (χ4v) is 4.31. The molecule has 1 aromatic heterocycles. The van der Waals surface area contributed by atoms with Crippen LogP contribution in [0.25, 0.3) is 10.9 Å². The topological polar surface area (TPSA) is 138 Å². The van der Waals surface area contributed by atoms with Gasteiger partial charge < -0.3 is 14.8 Å². The van der Waals surface area contributed by atoms with Crippen molar-refractivity contribution in [1.82, 2.24) is 9.66 Å². The van der Waals surface area contributed by atoms with Crippen LogP contribution in [-0.4, -0.2) is 40.4 Å². The van der Waals surface area contributed by atoms with Crippen molar-refractivity contribution in [3.63, 3.8) is 0 Å². The predicted molar refractivity (Wildman–Crippen MR) is 160 cm³/mol. The molecule has 11 nitrogen and oxygen atoms in total. The number of anilines is 1. The molecule has 0 aliphatic heterocycles. The Morgan fingerprint density at radius 1 is 1.17 bits per heavy atom. The van der Waals surface area contributed by atoms with Crippen molar-refractivity contribution in [2.45, 2.75) is 33.1 Å². The molecule has 212 valence electrons. The molecular weight excluding hydrogens is 594 g/mol. The SMILES string of the molecule is COc1cc(C=Nn2c(C(C)(C)C)nc3ccc(Br)cc3c2=O)cc([N+](=O)[O-])c1OCC(=O)Nc1ccc(C)cc1. The average molecular weight is 622 g/mol. The van der Waals surface area contributed by atoms with Crippen LogP contribution in [0.2, 0.25) is 0 Å². The Labute approximate surface area is 244 Å². The van der Waals surface area contributed by atoms with Gasteiger partial charge in [-0.15, -0.1) is 0 Å². The third-order valence-corrected chi connectivity index (χ3v) is 6.45. The average Bonchev–Trinajstić information content (AvgIpc) is 2.92. The molecule has 1 N–H and O–H groups in total. The first kappa shape index (κ1) is 29.4. The summed E-state index contributed by atoms with van der Waals surface area (Å²) in [4.78, 5) is 41.8. The van der Waals surface area contributed by atoms with E-state index < -0.39 is 34.1 Å². The zero-order valence-electron chi connectivity index (χ0n) is 23.1. The highest BCUT2D eigenvalue weighted by Crippen LogP contribution is 2.38. The molecule has 12 heteroatoms. The minimum Gasteiger partial charge on any atom is -0.493 e. The number of aromatic nitrogens is 2. The van der Waals surface area contributed by atoms with Gasteiger partial charge in [-0.05, 0) is 43.3 Å². The van der Waals surface area contributed by atoms with Crippen molar-refractivity contribution in [1.29, 1.82) is 0 Å². The number of nitrogens with zero attached hydrogens (tertiary/aromatic N) is 4. The largest absolute Gasteiger partial charge is 0.493 e. The van der Waals surface area contributed by atoms with E-state index in [0.717, 1.165) is 5.56 Å². The maximum absolute atomic E-state index is 13.4. The highest BCUT2D eigenvalue weighted by molar-refractivity contribution is 9.10. The van der Waals surface area contributed by atoms with Gasteiger partial charge in [-0.1, -0.05) is 54.4 Å². The summed E-state index contributed by atoms with van der Waals surface area (Å²) >= 11 is 3.38. The van der Waals surface area contributed by atoms with Gasteiger partial charge in [0.25, 0.3) is 11.5 Å². The second-order valence-electron chi connectivity index (χ2n) is 10.2. The van der Waals surface area contributed by atoms with Crippen molar-refractivity contribution in [2.75, 3.05) is 19.0 Å². The summed E-state index contributed by atoms with van der Waals surface area (Å²) in [6, 6.07) is 15.1. The third kappa shape index (κ3) is 6.77. The minimum atomic E-state index is -0.644. The number of hydrogen-bond donors (Lipinski definition) is 1. The molecule has 0 spiro atoms. The van der Waals surface area contributed by atoms with Crippen molar-refractivity contribution in [3.05, 3.63) is 96.5 Å². The number of hydrogen-bond acceptors (Lipinski definition) is 8. The van der Waals surface area contributed by atoms with Crippen molar-refractivity contribution in [2.24, 2.45) is 5.10 Å². The van der Waals surface area contributed by atoms with Crippen molar-refractivity contribution in [3.8, 4) is 11.5 Å². The molecular formula is C29H28BrN5O6. The number of benzene rings is 3. The molecule has 3 aromatic carbocycles. The van der Waals surface area contributed by atoms with E-state index >= 15 is 0 Å². The summed E-state index contributed by atoms with van der Waals surface area (Å²) in [6.45, 7) is 7.15. The lowest BCUT2D eigenvalue weighted by atomic mass is 9.95. The molecule has 1 amide bonds. The number of carbonyl (C=O) groups excluding carboxylic acids is 1. The number of nitrogens with one attached hydrogen (secondary N) is 1. The van der Waals surface area contributed by atoms with Gasteiger partial charge in [0.15, 0.2) is 12.4 Å². The smallest absolute Gasteiger partial charge is 0.315 e. The summed E-state index contributed by atoms with van der Waals surface area (Å²) in [6.07, 6.45) is 1.31. The van der Waals surface area contributed by atoms with E-state index in [1.807, 2.05) is 39.8 Å². The quantitative estimate of drug-likeness (QED) is 0.154. The number of nitro benzene ring substituents is 1. The summed E-state index contributed by atoms with van der Waals surface area (Å²) in [5, 5.41) is 19.4. The van der Waals surface area contributed by atoms with Crippen molar-refractivity contribution < 1.29 is 19.2 Å². The number of ether oxygens (including phenoxy) is 2. The highest BCUT2D eigenvalue weighted by Gasteiger charge is 2.25. The van der Waals surface area contributed by atoms with Crippen LogP contribution in [0.5, 0.6) is 11.5 Å². The molecule has 1 heterocycles. The van der Waals surface area contributed by atoms with Crippen LogP contribution in [0.1, 0.15) is 37.7 Å². The van der Waals surface area contributed by atoms with E-state index in [0.29, 0.717) is 26.9 Å². The summed E-state index contributed by atoms with van der Waals surface area (Å²) in [5.74, 6) is -0.277. The molecule has 0 saturated carbocycles. The van der Waals surface area contributed by atoms with E-state index in [1.165, 1.54) is 30.1 Å². The van der Waals surface area contributed by atoms with Crippen LogP contribution in [0.3, 0.4) is 0 Å². The minimum absolute atomic E-state index is 0.0211. The number of methoxy groups -OCH3 is 1. The number of fused-ring (bicyclic) bond motifs is 1.